The van der Waals surface area contributed by atoms with Crippen molar-refractivity contribution < 1.29 is 14.5 Å². The van der Waals surface area contributed by atoms with Crippen molar-refractivity contribution in [1.82, 2.24) is 14.9 Å². The molecule has 2 amide bonds. The number of imidazole rings is 1. The Morgan fingerprint density at radius 3 is 2.56 bits per heavy atom. The van der Waals surface area contributed by atoms with E-state index in [1.54, 1.807) is 12.3 Å². The molecule has 10 nitrogen and oxygen atoms in total. The van der Waals surface area contributed by atoms with E-state index in [0.717, 1.165) is 60.4 Å². The zero-order chi connectivity index (χ0) is 29.9. The number of carbonyl (C=O) groups is 2. The fourth-order valence-electron chi connectivity index (χ4n) is 5.68. The van der Waals surface area contributed by atoms with Crippen molar-refractivity contribution in [2.24, 2.45) is 4.99 Å². The molecule has 1 unspecified atom stereocenters. The highest BCUT2D eigenvalue weighted by atomic mass is 16.6. The second-order valence-electron chi connectivity index (χ2n) is 10.9. The summed E-state index contributed by atoms with van der Waals surface area (Å²) in [7, 11) is 0. The summed E-state index contributed by atoms with van der Waals surface area (Å²) in [5.74, 6) is 0.00115. The number of benzene rings is 3. The Morgan fingerprint density at radius 2 is 1.86 bits per heavy atom. The average Bonchev–Trinajstić information content (AvgIpc) is 3.64. The first-order valence-electron chi connectivity index (χ1n) is 14.6. The number of aliphatic imine (C=N–C) groups is 1. The van der Waals surface area contributed by atoms with Crippen LogP contribution in [0.5, 0.6) is 0 Å². The minimum atomic E-state index is -0.828. The van der Waals surface area contributed by atoms with Gasteiger partial charge in [0.25, 0.3) is 5.69 Å². The van der Waals surface area contributed by atoms with Crippen molar-refractivity contribution in [2.45, 2.75) is 44.9 Å². The maximum atomic E-state index is 13.4. The van der Waals surface area contributed by atoms with Gasteiger partial charge in [-0.3, -0.25) is 24.7 Å². The SMILES string of the molecule is CCc1ncc(-c2ccc(N=C(c3ccc(CCN4CCCCC4=O)cc3)C3C(=O)Nc4ccc([N+](=O)[O-])cc43)cc2)[nH]1. The first-order valence-corrected chi connectivity index (χ1v) is 14.6. The smallest absolute Gasteiger partial charge is 0.269 e. The summed E-state index contributed by atoms with van der Waals surface area (Å²) in [5, 5.41) is 14.4. The number of aryl methyl sites for hydroxylation is 1. The molecule has 0 saturated carbocycles. The highest BCUT2D eigenvalue weighted by Gasteiger charge is 2.36. The quantitative estimate of drug-likeness (QED) is 0.144. The summed E-state index contributed by atoms with van der Waals surface area (Å²) in [6.45, 7) is 3.51. The lowest BCUT2D eigenvalue weighted by atomic mass is 9.90. The van der Waals surface area contributed by atoms with Gasteiger partial charge >= 0.3 is 0 Å². The summed E-state index contributed by atoms with van der Waals surface area (Å²) in [5.41, 5.74) is 5.80. The maximum absolute atomic E-state index is 13.4. The van der Waals surface area contributed by atoms with E-state index in [-0.39, 0.29) is 17.5 Å². The van der Waals surface area contributed by atoms with Crippen LogP contribution < -0.4 is 5.32 Å². The van der Waals surface area contributed by atoms with Crippen molar-refractivity contribution in [3.63, 3.8) is 0 Å². The predicted molar refractivity (Wildman–Crippen MR) is 165 cm³/mol. The molecule has 2 aliphatic heterocycles. The Balaban J connectivity index is 1.34. The molecule has 3 aromatic carbocycles. The maximum Gasteiger partial charge on any atom is 0.269 e. The molecule has 43 heavy (non-hydrogen) atoms. The number of H-pyrrole nitrogens is 1. The first-order chi connectivity index (χ1) is 20.9. The summed E-state index contributed by atoms with van der Waals surface area (Å²) >= 11 is 0. The molecule has 0 radical (unpaired) electrons. The third-order valence-corrected chi connectivity index (χ3v) is 8.08. The number of aromatic amines is 1. The molecule has 0 aliphatic carbocycles. The summed E-state index contributed by atoms with van der Waals surface area (Å²) in [6.07, 6.45) is 5.95. The van der Waals surface area contributed by atoms with Gasteiger partial charge in [-0.05, 0) is 54.2 Å². The van der Waals surface area contributed by atoms with Crippen molar-refractivity contribution in [1.29, 1.82) is 0 Å². The van der Waals surface area contributed by atoms with Gasteiger partial charge in [0.05, 0.1) is 28.2 Å². The van der Waals surface area contributed by atoms with Crippen LogP contribution in [0.25, 0.3) is 11.3 Å². The monoisotopic (exact) mass is 576 g/mol. The van der Waals surface area contributed by atoms with Crippen LogP contribution in [-0.4, -0.2) is 50.4 Å². The zero-order valence-corrected chi connectivity index (χ0v) is 23.9. The molecule has 1 fully saturated rings. The lowest BCUT2D eigenvalue weighted by Crippen LogP contribution is -2.36. The number of rotatable bonds is 9. The molecule has 4 aromatic rings. The Hall–Kier alpha value is -5.12. The van der Waals surface area contributed by atoms with E-state index in [4.69, 9.17) is 4.99 Å². The molecule has 0 bridgehead atoms. The molecule has 1 atom stereocenters. The van der Waals surface area contributed by atoms with Crippen LogP contribution in [0.4, 0.5) is 17.1 Å². The number of likely N-dealkylation sites (tertiary alicyclic amines) is 1. The van der Waals surface area contributed by atoms with Crippen LogP contribution in [0.1, 0.15) is 54.6 Å². The number of non-ortho nitro benzene ring substituents is 1. The second-order valence-corrected chi connectivity index (χ2v) is 10.9. The van der Waals surface area contributed by atoms with Gasteiger partial charge in [0.15, 0.2) is 0 Å². The van der Waals surface area contributed by atoms with Crippen LogP contribution in [-0.2, 0) is 22.4 Å². The predicted octanol–water partition coefficient (Wildman–Crippen LogP) is 5.96. The summed E-state index contributed by atoms with van der Waals surface area (Å²) in [4.78, 5) is 51.2. The highest BCUT2D eigenvalue weighted by Crippen LogP contribution is 2.38. The lowest BCUT2D eigenvalue weighted by Gasteiger charge is -2.26. The van der Waals surface area contributed by atoms with Crippen molar-refractivity contribution in [3.8, 4) is 11.3 Å². The Kier molecular flexibility index (Phi) is 7.83. The standard InChI is InChI=1S/C33H32N6O4/c1-2-29-34-20-28(36-29)22-10-12-24(13-11-22)35-32(31-26-19-25(39(42)43)14-15-27(26)37-33(31)41)23-8-6-21(7-9-23)16-18-38-17-4-3-5-30(38)40/h6-15,19-20,31H,2-5,16-18H2,1H3,(H,34,36)(H,37,41). The highest BCUT2D eigenvalue weighted by molar-refractivity contribution is 6.24. The van der Waals surface area contributed by atoms with Gasteiger partial charge in [-0.15, -0.1) is 0 Å². The van der Waals surface area contributed by atoms with E-state index in [0.29, 0.717) is 35.6 Å². The van der Waals surface area contributed by atoms with Gasteiger partial charge in [-0.1, -0.05) is 43.3 Å². The normalized spacial score (nSPS) is 16.7. The minimum absolute atomic E-state index is 0.0856. The van der Waals surface area contributed by atoms with Gasteiger partial charge in [0.2, 0.25) is 11.8 Å². The third kappa shape index (κ3) is 5.94. The van der Waals surface area contributed by atoms with Gasteiger partial charge in [-0.2, -0.15) is 0 Å². The summed E-state index contributed by atoms with van der Waals surface area (Å²) in [6, 6.07) is 19.9. The molecular formula is C33H32N6O4. The van der Waals surface area contributed by atoms with E-state index in [1.165, 1.54) is 12.1 Å². The molecule has 1 saturated heterocycles. The Bertz CT molecular complexity index is 1710. The van der Waals surface area contributed by atoms with Crippen LogP contribution in [0.15, 0.2) is 77.9 Å². The number of hydrogen-bond acceptors (Lipinski definition) is 6. The molecule has 218 valence electrons. The number of piperidine rings is 1. The van der Waals surface area contributed by atoms with E-state index >= 15 is 0 Å². The first kappa shape index (κ1) is 28.0. The van der Waals surface area contributed by atoms with E-state index in [9.17, 15) is 19.7 Å². The van der Waals surface area contributed by atoms with Gasteiger partial charge in [0.1, 0.15) is 11.7 Å². The molecule has 6 rings (SSSR count). The molecule has 3 heterocycles. The average molecular weight is 577 g/mol. The van der Waals surface area contributed by atoms with E-state index in [2.05, 4.69) is 15.3 Å². The fraction of sp³-hybridized carbons (Fsp3) is 0.273. The number of hydrogen-bond donors (Lipinski definition) is 2. The lowest BCUT2D eigenvalue weighted by molar-refractivity contribution is -0.384. The van der Waals surface area contributed by atoms with Gasteiger partial charge in [0, 0.05) is 49.3 Å². The van der Waals surface area contributed by atoms with Gasteiger partial charge in [-0.25, -0.2) is 4.98 Å². The van der Waals surface area contributed by atoms with E-state index < -0.39 is 10.8 Å². The number of nitro benzene ring substituents is 1. The number of anilines is 1. The second kappa shape index (κ2) is 12.0. The largest absolute Gasteiger partial charge is 0.342 e. The molecular weight excluding hydrogens is 544 g/mol. The molecule has 1 aromatic heterocycles. The van der Waals surface area contributed by atoms with Crippen LogP contribution in [0, 0.1) is 10.1 Å². The van der Waals surface area contributed by atoms with Crippen LogP contribution in [0.2, 0.25) is 0 Å². The zero-order valence-electron chi connectivity index (χ0n) is 23.9. The molecule has 2 N–H and O–H groups in total. The number of nitro groups is 1. The van der Waals surface area contributed by atoms with Crippen molar-refractivity contribution in [3.05, 3.63) is 106 Å². The van der Waals surface area contributed by atoms with Crippen LogP contribution in [0.3, 0.4) is 0 Å². The minimum Gasteiger partial charge on any atom is -0.342 e. The fourth-order valence-corrected chi connectivity index (χ4v) is 5.68. The number of carbonyl (C=O) groups excluding carboxylic acids is 2. The number of nitrogens with one attached hydrogen (secondary N) is 2. The number of amides is 2. The molecule has 10 heteroatoms. The van der Waals surface area contributed by atoms with Crippen LogP contribution >= 0.6 is 0 Å². The van der Waals surface area contributed by atoms with Gasteiger partial charge < -0.3 is 15.2 Å². The third-order valence-electron chi connectivity index (χ3n) is 8.08. The number of fused-ring (bicyclic) bond motifs is 1. The summed E-state index contributed by atoms with van der Waals surface area (Å²) < 4.78 is 0. The van der Waals surface area contributed by atoms with Crippen molar-refractivity contribution in [2.75, 3.05) is 18.4 Å². The van der Waals surface area contributed by atoms with Crippen molar-refractivity contribution >= 4 is 34.6 Å². The molecule has 0 spiro atoms. The topological polar surface area (TPSA) is 134 Å². The number of nitrogens with zero attached hydrogens (tertiary/aromatic N) is 4. The Labute approximate surface area is 249 Å². The van der Waals surface area contributed by atoms with E-state index in [1.807, 2.05) is 60.4 Å². The Morgan fingerprint density at radius 1 is 1.07 bits per heavy atom. The number of aromatic nitrogens is 2. The molecule has 2 aliphatic rings.